The number of carboxylic acids is 2. The van der Waals surface area contributed by atoms with Crippen molar-refractivity contribution in [2.75, 3.05) is 0 Å². The molecule has 0 aliphatic heterocycles. The molecule has 0 aromatic heterocycles. The van der Waals surface area contributed by atoms with E-state index in [4.69, 9.17) is 21.7 Å². The molecule has 4 unspecified atom stereocenters. The number of nitrogens with one attached hydrogen (secondary N) is 3. The van der Waals surface area contributed by atoms with Crippen molar-refractivity contribution in [2.45, 2.75) is 70.6 Å². The standard InChI is InChI=1S/C18H31N5O8/c1-8(2)6-12(17(29)21-9(3)18(30)31)23-16(28)11(4-5-13(20)24)22-15(27)10(19)7-14(25)26/h8-12H,4-7,19H2,1-3H3,(H2,20,24)(H,21,29)(H,22,27)(H,23,28)(H,25,26)(H,30,31). The molecule has 0 saturated heterocycles. The van der Waals surface area contributed by atoms with Gasteiger partial charge in [-0.2, -0.15) is 0 Å². The summed E-state index contributed by atoms with van der Waals surface area (Å²) in [6.07, 6.45) is -1.00. The van der Waals surface area contributed by atoms with Crippen molar-refractivity contribution in [1.82, 2.24) is 16.0 Å². The van der Waals surface area contributed by atoms with Gasteiger partial charge in [-0.25, -0.2) is 0 Å². The number of aliphatic carboxylic acids is 2. The third-order valence-corrected chi connectivity index (χ3v) is 4.11. The largest absolute Gasteiger partial charge is 0.481 e. The minimum absolute atomic E-state index is 0.0566. The first kappa shape index (κ1) is 27.8. The highest BCUT2D eigenvalue weighted by atomic mass is 16.4. The van der Waals surface area contributed by atoms with Crippen molar-refractivity contribution >= 4 is 35.6 Å². The minimum atomic E-state index is -1.44. The Morgan fingerprint density at radius 2 is 1.35 bits per heavy atom. The number of rotatable bonds is 14. The Morgan fingerprint density at radius 3 is 1.81 bits per heavy atom. The van der Waals surface area contributed by atoms with E-state index >= 15 is 0 Å². The van der Waals surface area contributed by atoms with E-state index in [1.807, 2.05) is 0 Å². The minimum Gasteiger partial charge on any atom is -0.481 e. The molecule has 176 valence electrons. The molecule has 0 aliphatic rings. The van der Waals surface area contributed by atoms with Crippen molar-refractivity contribution < 1.29 is 39.0 Å². The molecular weight excluding hydrogens is 414 g/mol. The highest BCUT2D eigenvalue weighted by Gasteiger charge is 2.30. The first-order valence-electron chi connectivity index (χ1n) is 9.64. The van der Waals surface area contributed by atoms with Crippen LogP contribution >= 0.6 is 0 Å². The van der Waals surface area contributed by atoms with Gasteiger partial charge in [0.25, 0.3) is 0 Å². The molecule has 0 heterocycles. The van der Waals surface area contributed by atoms with Crippen molar-refractivity contribution in [3.8, 4) is 0 Å². The summed E-state index contributed by atoms with van der Waals surface area (Å²) in [5.41, 5.74) is 10.6. The first-order chi connectivity index (χ1) is 14.2. The van der Waals surface area contributed by atoms with E-state index in [1.165, 1.54) is 6.92 Å². The molecule has 0 rings (SSSR count). The number of carbonyl (C=O) groups excluding carboxylic acids is 4. The van der Waals surface area contributed by atoms with Crippen LogP contribution in [0.5, 0.6) is 0 Å². The Kier molecular flexibility index (Phi) is 11.8. The zero-order valence-electron chi connectivity index (χ0n) is 17.7. The molecule has 0 aliphatic carbocycles. The number of primary amides is 1. The van der Waals surface area contributed by atoms with Crippen LogP contribution in [-0.2, 0) is 28.8 Å². The molecule has 13 nitrogen and oxygen atoms in total. The molecule has 4 atom stereocenters. The van der Waals surface area contributed by atoms with Crippen LogP contribution in [0.1, 0.15) is 46.5 Å². The molecular formula is C18H31N5O8. The van der Waals surface area contributed by atoms with Crippen LogP contribution in [-0.4, -0.2) is 69.9 Å². The number of carbonyl (C=O) groups is 6. The van der Waals surface area contributed by atoms with E-state index in [0.717, 1.165) is 0 Å². The Balaban J connectivity index is 5.42. The number of hydrogen-bond acceptors (Lipinski definition) is 7. The molecule has 4 amide bonds. The summed E-state index contributed by atoms with van der Waals surface area (Å²) in [6, 6.07) is -5.07. The monoisotopic (exact) mass is 445 g/mol. The Hall–Kier alpha value is -3.22. The van der Waals surface area contributed by atoms with Gasteiger partial charge in [0, 0.05) is 6.42 Å². The van der Waals surface area contributed by atoms with Gasteiger partial charge in [0.2, 0.25) is 23.6 Å². The summed E-state index contributed by atoms with van der Waals surface area (Å²) in [5, 5.41) is 24.6. The highest BCUT2D eigenvalue weighted by molar-refractivity contribution is 5.94. The summed E-state index contributed by atoms with van der Waals surface area (Å²) in [5.74, 6) is -5.88. The zero-order chi connectivity index (χ0) is 24.3. The Bertz CT molecular complexity index is 696. The summed E-state index contributed by atoms with van der Waals surface area (Å²) in [4.78, 5) is 70.1. The third-order valence-electron chi connectivity index (χ3n) is 4.11. The average Bonchev–Trinajstić information content (AvgIpc) is 2.62. The molecule has 0 aromatic rings. The fourth-order valence-electron chi connectivity index (χ4n) is 2.47. The summed E-state index contributed by atoms with van der Waals surface area (Å²) in [7, 11) is 0. The van der Waals surface area contributed by atoms with E-state index < -0.39 is 66.2 Å². The van der Waals surface area contributed by atoms with Gasteiger partial charge in [0.05, 0.1) is 12.5 Å². The molecule has 0 radical (unpaired) electrons. The van der Waals surface area contributed by atoms with Crippen molar-refractivity contribution in [3.05, 3.63) is 0 Å². The maximum absolute atomic E-state index is 12.7. The fraction of sp³-hybridized carbons (Fsp3) is 0.667. The van der Waals surface area contributed by atoms with E-state index in [9.17, 15) is 28.8 Å². The molecule has 31 heavy (non-hydrogen) atoms. The lowest BCUT2D eigenvalue weighted by Gasteiger charge is -2.25. The topological polar surface area (TPSA) is 231 Å². The molecule has 0 saturated carbocycles. The van der Waals surface area contributed by atoms with Crippen molar-refractivity contribution in [1.29, 1.82) is 0 Å². The molecule has 0 aromatic carbocycles. The van der Waals surface area contributed by atoms with Crippen LogP contribution in [0.15, 0.2) is 0 Å². The second-order valence-electron chi connectivity index (χ2n) is 7.53. The lowest BCUT2D eigenvalue weighted by molar-refractivity contribution is -0.142. The maximum atomic E-state index is 12.7. The fourth-order valence-corrected chi connectivity index (χ4v) is 2.47. The van der Waals surface area contributed by atoms with Crippen LogP contribution in [0.2, 0.25) is 0 Å². The van der Waals surface area contributed by atoms with Crippen molar-refractivity contribution in [2.24, 2.45) is 17.4 Å². The van der Waals surface area contributed by atoms with Gasteiger partial charge in [-0.1, -0.05) is 13.8 Å². The maximum Gasteiger partial charge on any atom is 0.325 e. The predicted molar refractivity (Wildman–Crippen MR) is 107 cm³/mol. The Labute approximate surface area is 179 Å². The quantitative estimate of drug-likeness (QED) is 0.151. The first-order valence-corrected chi connectivity index (χ1v) is 9.64. The molecule has 9 N–H and O–H groups in total. The lowest BCUT2D eigenvalue weighted by Crippen LogP contribution is -2.57. The van der Waals surface area contributed by atoms with Gasteiger partial charge in [0.1, 0.15) is 18.1 Å². The molecule has 0 bridgehead atoms. The van der Waals surface area contributed by atoms with E-state index in [2.05, 4.69) is 16.0 Å². The summed E-state index contributed by atoms with van der Waals surface area (Å²) >= 11 is 0. The number of carboxylic acid groups (broad SMARTS) is 2. The third kappa shape index (κ3) is 11.5. The second-order valence-corrected chi connectivity index (χ2v) is 7.53. The number of amides is 4. The zero-order valence-corrected chi connectivity index (χ0v) is 17.7. The Morgan fingerprint density at radius 1 is 0.839 bits per heavy atom. The number of nitrogens with two attached hydrogens (primary N) is 2. The van der Waals surface area contributed by atoms with Crippen LogP contribution in [0.25, 0.3) is 0 Å². The van der Waals surface area contributed by atoms with Crippen molar-refractivity contribution in [3.63, 3.8) is 0 Å². The van der Waals surface area contributed by atoms with Gasteiger partial charge in [-0.15, -0.1) is 0 Å². The van der Waals surface area contributed by atoms with Gasteiger partial charge in [-0.3, -0.25) is 28.8 Å². The van der Waals surface area contributed by atoms with E-state index in [0.29, 0.717) is 0 Å². The van der Waals surface area contributed by atoms with Crippen LogP contribution in [0.3, 0.4) is 0 Å². The highest BCUT2D eigenvalue weighted by Crippen LogP contribution is 2.07. The molecule has 0 fully saturated rings. The predicted octanol–water partition coefficient (Wildman–Crippen LogP) is -2.34. The van der Waals surface area contributed by atoms with Crippen LogP contribution in [0.4, 0.5) is 0 Å². The molecule has 0 spiro atoms. The smallest absolute Gasteiger partial charge is 0.325 e. The normalized spacial score (nSPS) is 14.6. The molecule has 13 heteroatoms. The van der Waals surface area contributed by atoms with E-state index in [1.54, 1.807) is 13.8 Å². The van der Waals surface area contributed by atoms with Gasteiger partial charge >= 0.3 is 11.9 Å². The lowest BCUT2D eigenvalue weighted by atomic mass is 10.0. The second kappa shape index (κ2) is 13.2. The number of hydrogen-bond donors (Lipinski definition) is 7. The van der Waals surface area contributed by atoms with Gasteiger partial charge in [0.15, 0.2) is 0 Å². The SMILES string of the molecule is CC(C)CC(NC(=O)C(CCC(N)=O)NC(=O)C(N)CC(=O)O)C(=O)NC(C)C(=O)O. The van der Waals surface area contributed by atoms with Crippen LogP contribution < -0.4 is 27.4 Å². The van der Waals surface area contributed by atoms with E-state index in [-0.39, 0.29) is 25.2 Å². The van der Waals surface area contributed by atoms with Gasteiger partial charge in [-0.05, 0) is 25.7 Å². The summed E-state index contributed by atoms with van der Waals surface area (Å²) < 4.78 is 0. The average molecular weight is 445 g/mol. The summed E-state index contributed by atoms with van der Waals surface area (Å²) in [6.45, 7) is 4.82. The van der Waals surface area contributed by atoms with Gasteiger partial charge < -0.3 is 37.6 Å². The van der Waals surface area contributed by atoms with Crippen LogP contribution in [0, 0.1) is 5.92 Å².